The molecule has 1 nitrogen and oxygen atoms in total. The van der Waals surface area contributed by atoms with E-state index in [-0.39, 0.29) is 0 Å². The van der Waals surface area contributed by atoms with Gasteiger partial charge in [-0.05, 0) is 87.6 Å². The molecule has 0 spiro atoms. The van der Waals surface area contributed by atoms with Crippen LogP contribution in [0.15, 0.2) is 152 Å². The molecule has 9 aromatic rings. The molecule has 0 aliphatic heterocycles. The van der Waals surface area contributed by atoms with Crippen LogP contribution in [0.2, 0.25) is 0 Å². The summed E-state index contributed by atoms with van der Waals surface area (Å²) in [4.78, 5) is 0. The van der Waals surface area contributed by atoms with Gasteiger partial charge in [-0.3, -0.25) is 0 Å². The van der Waals surface area contributed by atoms with Crippen molar-refractivity contribution in [3.63, 3.8) is 0 Å². The van der Waals surface area contributed by atoms with Crippen molar-refractivity contribution < 1.29 is 0 Å². The monoisotopic (exact) mass is 551 g/mol. The van der Waals surface area contributed by atoms with Crippen LogP contribution in [0.4, 0.5) is 0 Å². The molecule has 0 fully saturated rings. The average molecular weight is 552 g/mol. The molecule has 0 unspecified atom stereocenters. The van der Waals surface area contributed by atoms with Gasteiger partial charge in [0.1, 0.15) is 0 Å². The van der Waals surface area contributed by atoms with Crippen LogP contribution in [0.25, 0.3) is 80.7 Å². The SMILES string of the molecule is c1ccc(-c2cc(-c3ccccc3)cc(-n3c4ccccc4c4cc5cc6c(cc5cc43)sc3ccccc36)c2)cc1. The first-order valence-electron chi connectivity index (χ1n) is 14.3. The lowest BCUT2D eigenvalue weighted by molar-refractivity contribution is 1.18. The molecule has 0 aliphatic carbocycles. The third kappa shape index (κ3) is 3.62. The molecule has 0 radical (unpaired) electrons. The number of fused-ring (bicyclic) bond motifs is 7. The Morgan fingerprint density at radius 2 is 0.952 bits per heavy atom. The van der Waals surface area contributed by atoms with E-state index in [0.29, 0.717) is 0 Å². The van der Waals surface area contributed by atoms with E-state index in [1.165, 1.54) is 80.7 Å². The smallest absolute Gasteiger partial charge is 0.0547 e. The number of aromatic nitrogens is 1. The van der Waals surface area contributed by atoms with Gasteiger partial charge in [0, 0.05) is 36.6 Å². The summed E-state index contributed by atoms with van der Waals surface area (Å²) in [6.07, 6.45) is 0. The van der Waals surface area contributed by atoms with Crippen molar-refractivity contribution in [2.45, 2.75) is 0 Å². The van der Waals surface area contributed by atoms with Crippen LogP contribution in [0.3, 0.4) is 0 Å². The second kappa shape index (κ2) is 9.17. The topological polar surface area (TPSA) is 4.93 Å². The lowest BCUT2D eigenvalue weighted by Gasteiger charge is -2.14. The summed E-state index contributed by atoms with van der Waals surface area (Å²) >= 11 is 1.88. The van der Waals surface area contributed by atoms with Crippen LogP contribution in [-0.4, -0.2) is 4.57 Å². The number of hydrogen-bond donors (Lipinski definition) is 0. The normalized spacial score (nSPS) is 11.8. The van der Waals surface area contributed by atoms with Gasteiger partial charge in [-0.2, -0.15) is 0 Å². The van der Waals surface area contributed by atoms with Gasteiger partial charge in [0.15, 0.2) is 0 Å². The molecule has 0 bridgehead atoms. The third-order valence-electron chi connectivity index (χ3n) is 8.52. The van der Waals surface area contributed by atoms with E-state index in [4.69, 9.17) is 0 Å². The highest BCUT2D eigenvalue weighted by atomic mass is 32.1. The van der Waals surface area contributed by atoms with Gasteiger partial charge in [-0.25, -0.2) is 0 Å². The molecule has 2 heterocycles. The van der Waals surface area contributed by atoms with Crippen LogP contribution < -0.4 is 0 Å². The summed E-state index contributed by atoms with van der Waals surface area (Å²) in [5.74, 6) is 0. The van der Waals surface area contributed by atoms with E-state index in [2.05, 4.69) is 156 Å². The van der Waals surface area contributed by atoms with Crippen LogP contribution in [-0.2, 0) is 0 Å². The van der Waals surface area contributed by atoms with Gasteiger partial charge in [0.2, 0.25) is 0 Å². The molecular weight excluding hydrogens is 527 g/mol. The highest BCUT2D eigenvalue weighted by Crippen LogP contribution is 2.41. The standard InChI is InChI=1S/C40H25NS/c1-3-11-26(12-4-1)28-19-29(27-13-5-2-6-14-27)21-32(20-28)41-37-17-9-7-15-33(37)35-22-30-23-36-34-16-8-10-18-39(34)42-40(36)25-31(30)24-38(35)41/h1-25H. The zero-order valence-electron chi connectivity index (χ0n) is 22.8. The number of nitrogens with zero attached hydrogens (tertiary/aromatic N) is 1. The van der Waals surface area contributed by atoms with Crippen molar-refractivity contribution in [1.29, 1.82) is 0 Å². The van der Waals surface area contributed by atoms with Gasteiger partial charge in [-0.15, -0.1) is 11.3 Å². The second-order valence-corrected chi connectivity index (χ2v) is 12.1. The van der Waals surface area contributed by atoms with E-state index in [1.807, 2.05) is 11.3 Å². The molecule has 0 atom stereocenters. The minimum absolute atomic E-state index is 1.17. The van der Waals surface area contributed by atoms with Crippen molar-refractivity contribution >= 4 is 64.1 Å². The van der Waals surface area contributed by atoms with Crippen LogP contribution >= 0.6 is 11.3 Å². The van der Waals surface area contributed by atoms with Crippen molar-refractivity contribution in [2.24, 2.45) is 0 Å². The average Bonchev–Trinajstić information content (AvgIpc) is 3.58. The van der Waals surface area contributed by atoms with Crippen molar-refractivity contribution in [1.82, 2.24) is 4.57 Å². The minimum atomic E-state index is 1.17. The van der Waals surface area contributed by atoms with Crippen molar-refractivity contribution in [2.75, 3.05) is 0 Å². The van der Waals surface area contributed by atoms with Gasteiger partial charge in [-0.1, -0.05) is 97.1 Å². The van der Waals surface area contributed by atoms with Crippen molar-refractivity contribution in [3.05, 3.63) is 152 Å². The molecule has 2 aromatic heterocycles. The summed E-state index contributed by atoms with van der Waals surface area (Å²) in [5, 5.41) is 7.79. The Kier molecular flexibility index (Phi) is 5.13. The van der Waals surface area contributed by atoms with Crippen LogP contribution in [0, 0.1) is 0 Å². The first-order valence-corrected chi connectivity index (χ1v) is 15.2. The van der Waals surface area contributed by atoms with Crippen LogP contribution in [0.5, 0.6) is 0 Å². The van der Waals surface area contributed by atoms with Crippen molar-refractivity contribution in [3.8, 4) is 27.9 Å². The van der Waals surface area contributed by atoms with E-state index in [0.717, 1.165) is 0 Å². The fraction of sp³-hybridized carbons (Fsp3) is 0. The maximum Gasteiger partial charge on any atom is 0.0547 e. The molecular formula is C40H25NS. The van der Waals surface area contributed by atoms with E-state index in [9.17, 15) is 0 Å². The van der Waals surface area contributed by atoms with Gasteiger partial charge >= 0.3 is 0 Å². The van der Waals surface area contributed by atoms with E-state index >= 15 is 0 Å². The minimum Gasteiger partial charge on any atom is -0.309 e. The number of para-hydroxylation sites is 1. The lowest BCUT2D eigenvalue weighted by Crippen LogP contribution is -1.96. The Morgan fingerprint density at radius 1 is 0.357 bits per heavy atom. The van der Waals surface area contributed by atoms with Crippen LogP contribution in [0.1, 0.15) is 0 Å². The van der Waals surface area contributed by atoms with E-state index in [1.54, 1.807) is 0 Å². The molecule has 0 saturated heterocycles. The Morgan fingerprint density at radius 3 is 1.69 bits per heavy atom. The Hall–Kier alpha value is -5.18. The number of thiophene rings is 1. The highest BCUT2D eigenvalue weighted by Gasteiger charge is 2.16. The summed E-state index contributed by atoms with van der Waals surface area (Å²) in [7, 11) is 0. The third-order valence-corrected chi connectivity index (χ3v) is 9.65. The molecule has 2 heteroatoms. The fourth-order valence-electron chi connectivity index (χ4n) is 6.55. The molecule has 196 valence electrons. The molecule has 0 amide bonds. The molecule has 0 saturated carbocycles. The first kappa shape index (κ1) is 23.5. The molecule has 42 heavy (non-hydrogen) atoms. The Balaban J connectivity index is 1.37. The largest absolute Gasteiger partial charge is 0.309 e. The first-order chi connectivity index (χ1) is 20.8. The maximum atomic E-state index is 2.46. The lowest BCUT2D eigenvalue weighted by atomic mass is 9.98. The zero-order valence-corrected chi connectivity index (χ0v) is 23.6. The molecule has 7 aromatic carbocycles. The fourth-order valence-corrected chi connectivity index (χ4v) is 7.68. The predicted molar refractivity (Wildman–Crippen MR) is 182 cm³/mol. The maximum absolute atomic E-state index is 2.46. The van der Waals surface area contributed by atoms with Gasteiger partial charge in [0.25, 0.3) is 0 Å². The Bertz CT molecular complexity index is 2390. The highest BCUT2D eigenvalue weighted by molar-refractivity contribution is 7.25. The summed E-state index contributed by atoms with van der Waals surface area (Å²) in [6, 6.07) is 55.5. The number of benzene rings is 7. The van der Waals surface area contributed by atoms with E-state index < -0.39 is 0 Å². The second-order valence-electron chi connectivity index (χ2n) is 11.0. The molecule has 0 aliphatic rings. The Labute approximate surface area is 247 Å². The predicted octanol–water partition coefficient (Wildman–Crippen LogP) is 11.6. The van der Waals surface area contributed by atoms with Gasteiger partial charge in [0.05, 0.1) is 11.0 Å². The number of hydrogen-bond acceptors (Lipinski definition) is 1. The summed E-state index contributed by atoms with van der Waals surface area (Å²) < 4.78 is 5.13. The quantitative estimate of drug-likeness (QED) is 0.206. The number of rotatable bonds is 3. The molecule has 9 rings (SSSR count). The van der Waals surface area contributed by atoms with Gasteiger partial charge < -0.3 is 4.57 Å². The molecule has 0 N–H and O–H groups in total. The summed E-state index contributed by atoms with van der Waals surface area (Å²) in [5.41, 5.74) is 8.48. The summed E-state index contributed by atoms with van der Waals surface area (Å²) in [6.45, 7) is 0. The zero-order chi connectivity index (χ0) is 27.6.